The summed E-state index contributed by atoms with van der Waals surface area (Å²) in [7, 11) is 0. The van der Waals surface area contributed by atoms with Gasteiger partial charge in [-0.05, 0) is 72.6 Å². The van der Waals surface area contributed by atoms with Crippen molar-refractivity contribution in [2.24, 2.45) is 22.2 Å². The second-order valence-electron chi connectivity index (χ2n) is 14.1. The molecule has 240 valence electrons. The quantitative estimate of drug-likeness (QED) is 0.245. The Hall–Kier alpha value is -4.08. The van der Waals surface area contributed by atoms with E-state index in [1.54, 1.807) is 0 Å². The molecule has 5 rings (SSSR count). The number of benzene rings is 2. The highest BCUT2D eigenvalue weighted by Gasteiger charge is 2.53. The van der Waals surface area contributed by atoms with Gasteiger partial charge in [-0.15, -0.1) is 10.2 Å². The fourth-order valence-electron chi connectivity index (χ4n) is 6.81. The number of hydrogen-bond acceptors (Lipinski definition) is 6. The van der Waals surface area contributed by atoms with E-state index in [9.17, 15) is 9.59 Å². The van der Waals surface area contributed by atoms with Crippen molar-refractivity contribution < 1.29 is 9.59 Å². The van der Waals surface area contributed by atoms with Gasteiger partial charge in [-0.3, -0.25) is 14.6 Å². The van der Waals surface area contributed by atoms with Crippen molar-refractivity contribution in [3.8, 4) is 0 Å². The topological polar surface area (TPSA) is 128 Å². The highest BCUT2D eigenvalue weighted by Crippen LogP contribution is 2.47. The molecule has 1 atom stereocenters. The molecule has 0 bridgehead atoms. The summed E-state index contributed by atoms with van der Waals surface area (Å²) in [5.41, 5.74) is 2.38. The first-order chi connectivity index (χ1) is 21.6. The summed E-state index contributed by atoms with van der Waals surface area (Å²) in [4.78, 5) is 34.3. The van der Waals surface area contributed by atoms with Gasteiger partial charge in [-0.25, -0.2) is 0 Å². The zero-order valence-electron chi connectivity index (χ0n) is 27.3. The van der Waals surface area contributed by atoms with Crippen LogP contribution >= 0.6 is 0 Å². The van der Waals surface area contributed by atoms with Crippen LogP contribution in [-0.4, -0.2) is 48.8 Å². The highest BCUT2D eigenvalue weighted by atomic mass is 16.2. The van der Waals surface area contributed by atoms with E-state index >= 15 is 0 Å². The first-order valence-corrected chi connectivity index (χ1v) is 16.4. The third-order valence-electron chi connectivity index (χ3n) is 9.46. The summed E-state index contributed by atoms with van der Waals surface area (Å²) in [5, 5.41) is 20.3. The minimum absolute atomic E-state index is 0.0309. The maximum Gasteiger partial charge on any atom is 0.291 e. The number of carbonyl (C=O) groups excluding carboxylic acids is 2. The molecule has 2 heterocycles. The Kier molecular flexibility index (Phi) is 9.99. The molecule has 1 aliphatic heterocycles. The van der Waals surface area contributed by atoms with Gasteiger partial charge in [-0.1, -0.05) is 95.1 Å². The predicted octanol–water partition coefficient (Wildman–Crippen LogP) is 5.96. The van der Waals surface area contributed by atoms with Gasteiger partial charge < -0.3 is 15.5 Å². The molecule has 1 aromatic heterocycles. The van der Waals surface area contributed by atoms with Gasteiger partial charge in [0.2, 0.25) is 0 Å². The van der Waals surface area contributed by atoms with Crippen molar-refractivity contribution >= 4 is 17.6 Å². The molecule has 3 aromatic rings. The van der Waals surface area contributed by atoms with Crippen LogP contribution in [0, 0.1) is 17.3 Å². The number of aromatic amines is 1. The molecule has 2 aromatic carbocycles. The normalized spacial score (nSPS) is 21.8. The molecule has 10 heteroatoms. The summed E-state index contributed by atoms with van der Waals surface area (Å²) in [6, 6.07) is 17.6. The number of amidine groups is 1. The van der Waals surface area contributed by atoms with Crippen LogP contribution in [0.5, 0.6) is 0 Å². The Morgan fingerprint density at radius 3 is 2.40 bits per heavy atom. The lowest BCUT2D eigenvalue weighted by molar-refractivity contribution is -0.133. The van der Waals surface area contributed by atoms with Crippen molar-refractivity contribution in [1.82, 2.24) is 36.2 Å². The SMILES string of the molecule is CC(C)CCC[C@H](c1ccc(C(=O)NCc2nn[nH]n2)cc1)N1C(=O)C(=NCc2ccccc2)NC12CCC(C(C)(C)C)CC2. The second-order valence-corrected chi connectivity index (χ2v) is 14.1. The Balaban J connectivity index is 1.44. The van der Waals surface area contributed by atoms with Crippen molar-refractivity contribution in [3.63, 3.8) is 0 Å². The first-order valence-electron chi connectivity index (χ1n) is 16.4. The Morgan fingerprint density at radius 2 is 1.78 bits per heavy atom. The van der Waals surface area contributed by atoms with Crippen LogP contribution in [0.1, 0.15) is 113 Å². The van der Waals surface area contributed by atoms with Crippen LogP contribution < -0.4 is 10.6 Å². The lowest BCUT2D eigenvalue weighted by atomic mass is 9.69. The summed E-state index contributed by atoms with van der Waals surface area (Å²) in [6.07, 6.45) is 6.76. The number of aromatic nitrogens is 4. The van der Waals surface area contributed by atoms with E-state index in [1.807, 2.05) is 54.6 Å². The van der Waals surface area contributed by atoms with Crippen LogP contribution in [0.3, 0.4) is 0 Å². The average Bonchev–Trinajstić information content (AvgIpc) is 3.64. The van der Waals surface area contributed by atoms with Crippen molar-refractivity contribution in [2.45, 2.75) is 104 Å². The minimum Gasteiger partial charge on any atom is -0.345 e. The van der Waals surface area contributed by atoms with E-state index in [-0.39, 0.29) is 29.8 Å². The summed E-state index contributed by atoms with van der Waals surface area (Å²) in [5.74, 6) is 1.80. The molecule has 2 amide bonds. The predicted molar refractivity (Wildman–Crippen MR) is 175 cm³/mol. The lowest BCUT2D eigenvalue weighted by Crippen LogP contribution is -2.56. The van der Waals surface area contributed by atoms with E-state index in [0.717, 1.165) is 56.1 Å². The van der Waals surface area contributed by atoms with E-state index in [4.69, 9.17) is 4.99 Å². The van der Waals surface area contributed by atoms with E-state index < -0.39 is 5.66 Å². The molecule has 1 aliphatic carbocycles. The molecule has 0 radical (unpaired) electrons. The Morgan fingerprint density at radius 1 is 1.07 bits per heavy atom. The van der Waals surface area contributed by atoms with Crippen molar-refractivity contribution in [2.75, 3.05) is 0 Å². The van der Waals surface area contributed by atoms with Gasteiger partial charge in [0.15, 0.2) is 11.7 Å². The third-order valence-corrected chi connectivity index (χ3v) is 9.46. The summed E-state index contributed by atoms with van der Waals surface area (Å²) < 4.78 is 0. The second kappa shape index (κ2) is 13.9. The van der Waals surface area contributed by atoms with Crippen LogP contribution in [0.15, 0.2) is 59.6 Å². The maximum atomic E-state index is 14.4. The van der Waals surface area contributed by atoms with E-state index in [1.165, 1.54) is 0 Å². The highest BCUT2D eigenvalue weighted by molar-refractivity contribution is 6.40. The number of nitrogens with zero attached hydrogens (tertiary/aromatic N) is 5. The fourth-order valence-corrected chi connectivity index (χ4v) is 6.81. The lowest BCUT2D eigenvalue weighted by Gasteiger charge is -2.48. The third kappa shape index (κ3) is 7.78. The molecule has 2 aliphatic rings. The van der Waals surface area contributed by atoms with Crippen LogP contribution in [0.25, 0.3) is 0 Å². The number of hydrogen-bond donors (Lipinski definition) is 3. The summed E-state index contributed by atoms with van der Waals surface area (Å²) >= 11 is 0. The molecule has 1 spiro atoms. The molecular formula is C35H48N8O2. The number of H-pyrrole nitrogens is 1. The van der Waals surface area contributed by atoms with E-state index in [2.05, 4.69) is 70.8 Å². The van der Waals surface area contributed by atoms with Gasteiger partial charge in [0, 0.05) is 5.56 Å². The van der Waals surface area contributed by atoms with Crippen molar-refractivity contribution in [1.29, 1.82) is 0 Å². The smallest absolute Gasteiger partial charge is 0.291 e. The van der Waals surface area contributed by atoms with Crippen LogP contribution in [-0.2, 0) is 17.9 Å². The molecule has 2 fully saturated rings. The van der Waals surface area contributed by atoms with Crippen molar-refractivity contribution in [3.05, 3.63) is 77.1 Å². The molecule has 1 saturated heterocycles. The number of amides is 2. The standard InChI is InChI=1S/C35H48N8O2/c1-24(2)10-9-13-29(26-14-16-27(17-15-26)32(44)37-23-30-39-41-42-40-30)43-33(45)31(36-22-25-11-7-6-8-12-25)38-35(43)20-18-28(19-21-35)34(3,4)5/h6-8,11-12,14-17,24,28-29H,9-10,13,18-23H2,1-5H3,(H,36,38)(H,37,44)(H,39,40,41,42)/t28?,29-,35?/m1/s1. The number of nitrogens with one attached hydrogen (secondary N) is 3. The molecule has 45 heavy (non-hydrogen) atoms. The number of rotatable bonds is 11. The molecule has 0 unspecified atom stereocenters. The van der Waals surface area contributed by atoms with E-state index in [0.29, 0.717) is 35.6 Å². The fraction of sp³-hybridized carbons (Fsp3) is 0.543. The van der Waals surface area contributed by atoms with Crippen LogP contribution in [0.4, 0.5) is 0 Å². The number of aliphatic imine (C=N–C) groups is 1. The number of tetrazole rings is 1. The summed E-state index contributed by atoms with van der Waals surface area (Å²) in [6.45, 7) is 12.1. The minimum atomic E-state index is -0.489. The average molecular weight is 613 g/mol. The first kappa shape index (κ1) is 32.3. The van der Waals surface area contributed by atoms with Gasteiger partial charge in [-0.2, -0.15) is 5.21 Å². The molecular weight excluding hydrogens is 564 g/mol. The van der Waals surface area contributed by atoms with Gasteiger partial charge in [0.1, 0.15) is 5.66 Å². The Labute approximate surface area is 266 Å². The monoisotopic (exact) mass is 612 g/mol. The molecule has 1 saturated carbocycles. The Bertz CT molecular complexity index is 1440. The van der Waals surface area contributed by atoms with Gasteiger partial charge in [0.25, 0.3) is 11.8 Å². The maximum absolute atomic E-state index is 14.4. The zero-order valence-corrected chi connectivity index (χ0v) is 27.3. The zero-order chi connectivity index (χ0) is 32.0. The van der Waals surface area contributed by atoms with Crippen LogP contribution in [0.2, 0.25) is 0 Å². The van der Waals surface area contributed by atoms with Gasteiger partial charge >= 0.3 is 0 Å². The van der Waals surface area contributed by atoms with Gasteiger partial charge in [0.05, 0.1) is 19.1 Å². The molecule has 10 nitrogen and oxygen atoms in total. The number of carbonyl (C=O) groups is 2. The molecule has 3 N–H and O–H groups in total. The largest absolute Gasteiger partial charge is 0.345 e.